The van der Waals surface area contributed by atoms with Crippen LogP contribution >= 0.6 is 0 Å². The molecule has 1 aliphatic carbocycles. The van der Waals surface area contributed by atoms with Gasteiger partial charge in [0, 0.05) is 12.1 Å². The van der Waals surface area contributed by atoms with Crippen LogP contribution in [0.25, 0.3) is 0 Å². The maximum absolute atomic E-state index is 12.8. The summed E-state index contributed by atoms with van der Waals surface area (Å²) in [7, 11) is 4.70. The number of ether oxygens (including phenoxy) is 4. The van der Waals surface area contributed by atoms with Gasteiger partial charge in [0.1, 0.15) is 5.75 Å². The Morgan fingerprint density at radius 2 is 1.70 bits per heavy atom. The normalized spacial score (nSPS) is 13.7. The van der Waals surface area contributed by atoms with Crippen LogP contribution in [0.3, 0.4) is 0 Å². The smallest absolute Gasteiger partial charge is 0.261 e. The van der Waals surface area contributed by atoms with Crippen LogP contribution in [0.1, 0.15) is 42.9 Å². The zero-order valence-electron chi connectivity index (χ0n) is 18.2. The molecule has 0 saturated carbocycles. The summed E-state index contributed by atoms with van der Waals surface area (Å²) in [6, 6.07) is 9.83. The Bertz CT molecular complexity index is 880. The van der Waals surface area contributed by atoms with E-state index in [1.165, 1.54) is 24.0 Å². The largest absolute Gasteiger partial charge is 0.493 e. The molecule has 3 rings (SSSR count). The topological polar surface area (TPSA) is 66.0 Å². The van der Waals surface area contributed by atoms with Crippen molar-refractivity contribution in [2.24, 2.45) is 0 Å². The van der Waals surface area contributed by atoms with E-state index in [2.05, 4.69) is 17.4 Å². The molecule has 2 aromatic rings. The van der Waals surface area contributed by atoms with E-state index in [1.807, 2.05) is 19.1 Å². The Kier molecular flexibility index (Phi) is 7.44. The van der Waals surface area contributed by atoms with Gasteiger partial charge < -0.3 is 24.3 Å². The molecule has 6 nitrogen and oxygen atoms in total. The molecule has 0 bridgehead atoms. The summed E-state index contributed by atoms with van der Waals surface area (Å²) in [5, 5.41) is 2.96. The minimum absolute atomic E-state index is 0.160. The highest BCUT2D eigenvalue weighted by Gasteiger charge is 2.21. The Morgan fingerprint density at radius 1 is 0.967 bits per heavy atom. The van der Waals surface area contributed by atoms with E-state index in [0.717, 1.165) is 24.2 Å². The molecule has 6 heteroatoms. The Balaban J connectivity index is 1.67. The van der Waals surface area contributed by atoms with E-state index in [4.69, 9.17) is 18.9 Å². The number of fused-ring (bicyclic) bond motifs is 1. The number of methoxy groups -OCH3 is 3. The van der Waals surface area contributed by atoms with Gasteiger partial charge in [0.15, 0.2) is 17.6 Å². The van der Waals surface area contributed by atoms with Crippen molar-refractivity contribution in [3.05, 3.63) is 47.0 Å². The van der Waals surface area contributed by atoms with Gasteiger partial charge in [-0.05, 0) is 67.5 Å². The third-order valence-electron chi connectivity index (χ3n) is 5.50. The molecule has 1 aliphatic rings. The molecular weight excluding hydrogens is 382 g/mol. The van der Waals surface area contributed by atoms with Crippen LogP contribution in [0.2, 0.25) is 0 Å². The van der Waals surface area contributed by atoms with Gasteiger partial charge in [-0.25, -0.2) is 0 Å². The molecule has 0 spiro atoms. The van der Waals surface area contributed by atoms with Gasteiger partial charge in [-0.1, -0.05) is 13.0 Å². The lowest BCUT2D eigenvalue weighted by molar-refractivity contribution is -0.128. The average Bonchev–Trinajstić information content (AvgIpc) is 2.79. The third-order valence-corrected chi connectivity index (χ3v) is 5.50. The quantitative estimate of drug-likeness (QED) is 0.671. The SMILES string of the molecule is CCC(Oc1ccc2c(c1)CCCC2)C(=O)NCc1ccc(OC)c(OC)c1OC. The van der Waals surface area contributed by atoms with Gasteiger partial charge in [0.25, 0.3) is 5.91 Å². The molecule has 1 amide bonds. The van der Waals surface area contributed by atoms with Crippen LogP contribution in [0.5, 0.6) is 23.0 Å². The predicted octanol–water partition coefficient (Wildman–Crippen LogP) is 4.07. The highest BCUT2D eigenvalue weighted by Crippen LogP contribution is 2.39. The second kappa shape index (κ2) is 10.2. The molecule has 162 valence electrons. The first-order valence-electron chi connectivity index (χ1n) is 10.4. The number of rotatable bonds is 9. The van der Waals surface area contributed by atoms with Gasteiger partial charge in [0.2, 0.25) is 5.75 Å². The van der Waals surface area contributed by atoms with Crippen molar-refractivity contribution in [1.29, 1.82) is 0 Å². The van der Waals surface area contributed by atoms with Crippen molar-refractivity contribution in [3.63, 3.8) is 0 Å². The van der Waals surface area contributed by atoms with Crippen LogP contribution in [-0.2, 0) is 24.2 Å². The number of amides is 1. The van der Waals surface area contributed by atoms with Gasteiger partial charge in [0.05, 0.1) is 21.3 Å². The molecule has 0 aromatic heterocycles. The maximum Gasteiger partial charge on any atom is 0.261 e. The van der Waals surface area contributed by atoms with E-state index >= 15 is 0 Å². The monoisotopic (exact) mass is 413 g/mol. The molecule has 1 unspecified atom stereocenters. The lowest BCUT2D eigenvalue weighted by Gasteiger charge is -2.21. The fraction of sp³-hybridized carbons (Fsp3) is 0.458. The van der Waals surface area contributed by atoms with E-state index in [0.29, 0.717) is 30.2 Å². The van der Waals surface area contributed by atoms with Gasteiger partial charge in [-0.15, -0.1) is 0 Å². The number of carbonyl (C=O) groups excluding carboxylic acids is 1. The molecule has 0 fully saturated rings. The zero-order valence-corrected chi connectivity index (χ0v) is 18.2. The molecule has 0 radical (unpaired) electrons. The molecular formula is C24H31NO5. The van der Waals surface area contributed by atoms with Crippen molar-refractivity contribution < 1.29 is 23.7 Å². The van der Waals surface area contributed by atoms with Gasteiger partial charge in [-0.3, -0.25) is 4.79 Å². The first kappa shape index (κ1) is 21.8. The molecule has 0 saturated heterocycles. The van der Waals surface area contributed by atoms with E-state index < -0.39 is 6.10 Å². The number of carbonyl (C=O) groups is 1. The van der Waals surface area contributed by atoms with Gasteiger partial charge >= 0.3 is 0 Å². The summed E-state index contributed by atoms with van der Waals surface area (Å²) < 4.78 is 22.2. The summed E-state index contributed by atoms with van der Waals surface area (Å²) in [6.45, 7) is 2.24. The van der Waals surface area contributed by atoms with Crippen molar-refractivity contribution in [1.82, 2.24) is 5.32 Å². The molecule has 1 N–H and O–H groups in total. The van der Waals surface area contributed by atoms with Crippen LogP contribution in [0.4, 0.5) is 0 Å². The second-order valence-electron chi connectivity index (χ2n) is 7.36. The van der Waals surface area contributed by atoms with E-state index in [9.17, 15) is 4.79 Å². The summed E-state index contributed by atoms with van der Waals surface area (Å²) in [5.41, 5.74) is 3.53. The fourth-order valence-corrected chi connectivity index (χ4v) is 3.87. The molecule has 0 aliphatic heterocycles. The lowest BCUT2D eigenvalue weighted by atomic mass is 9.92. The fourth-order valence-electron chi connectivity index (χ4n) is 3.87. The Hall–Kier alpha value is -2.89. The average molecular weight is 414 g/mol. The molecule has 30 heavy (non-hydrogen) atoms. The highest BCUT2D eigenvalue weighted by molar-refractivity contribution is 5.81. The third kappa shape index (κ3) is 4.81. The van der Waals surface area contributed by atoms with Crippen molar-refractivity contribution in [3.8, 4) is 23.0 Å². The molecule has 0 heterocycles. The standard InChI is InChI=1S/C24H31NO5/c1-5-20(30-19-12-10-16-8-6-7-9-17(16)14-19)24(26)25-15-18-11-13-21(27-2)23(29-4)22(18)28-3/h10-14,20H,5-9,15H2,1-4H3,(H,25,26). The second-order valence-corrected chi connectivity index (χ2v) is 7.36. The number of hydrogen-bond acceptors (Lipinski definition) is 5. The number of aryl methyl sites for hydroxylation is 2. The maximum atomic E-state index is 12.8. The van der Waals surface area contributed by atoms with Crippen LogP contribution in [0, 0.1) is 0 Å². The van der Waals surface area contributed by atoms with Gasteiger partial charge in [-0.2, -0.15) is 0 Å². The van der Waals surface area contributed by atoms with Crippen molar-refractivity contribution in [2.45, 2.75) is 51.7 Å². The van der Waals surface area contributed by atoms with Crippen LogP contribution < -0.4 is 24.3 Å². The molecule has 1 atom stereocenters. The Labute approximate surface area is 178 Å². The first-order valence-corrected chi connectivity index (χ1v) is 10.4. The Morgan fingerprint density at radius 3 is 2.37 bits per heavy atom. The summed E-state index contributed by atoms with van der Waals surface area (Å²) in [5.74, 6) is 2.21. The van der Waals surface area contributed by atoms with Crippen LogP contribution in [0.15, 0.2) is 30.3 Å². The van der Waals surface area contributed by atoms with Crippen molar-refractivity contribution >= 4 is 5.91 Å². The number of hydrogen-bond donors (Lipinski definition) is 1. The summed E-state index contributed by atoms with van der Waals surface area (Å²) >= 11 is 0. The van der Waals surface area contributed by atoms with E-state index in [1.54, 1.807) is 27.4 Å². The lowest BCUT2D eigenvalue weighted by Crippen LogP contribution is -2.37. The van der Waals surface area contributed by atoms with E-state index in [-0.39, 0.29) is 5.91 Å². The minimum atomic E-state index is -0.558. The number of nitrogens with one attached hydrogen (secondary N) is 1. The molecule has 2 aromatic carbocycles. The van der Waals surface area contributed by atoms with Crippen molar-refractivity contribution in [2.75, 3.05) is 21.3 Å². The highest BCUT2D eigenvalue weighted by atomic mass is 16.5. The zero-order chi connectivity index (χ0) is 21.5. The summed E-state index contributed by atoms with van der Waals surface area (Å²) in [6.07, 6.45) is 4.67. The van der Waals surface area contributed by atoms with Crippen LogP contribution in [-0.4, -0.2) is 33.3 Å². The first-order chi connectivity index (χ1) is 14.6. The number of benzene rings is 2. The minimum Gasteiger partial charge on any atom is -0.493 e. The predicted molar refractivity (Wildman–Crippen MR) is 116 cm³/mol. The summed E-state index contributed by atoms with van der Waals surface area (Å²) in [4.78, 5) is 12.8.